The fourth-order valence-corrected chi connectivity index (χ4v) is 4.37. The van der Waals surface area contributed by atoms with Crippen LogP contribution in [0.4, 0.5) is 5.69 Å². The number of fused-ring (bicyclic) bond motifs is 1. The summed E-state index contributed by atoms with van der Waals surface area (Å²) in [6, 6.07) is 27.2. The molecule has 0 unspecified atom stereocenters. The average molecular weight is 382 g/mol. The van der Waals surface area contributed by atoms with E-state index in [9.17, 15) is 5.11 Å². The van der Waals surface area contributed by atoms with Gasteiger partial charge in [0.05, 0.1) is 17.9 Å². The summed E-state index contributed by atoms with van der Waals surface area (Å²) >= 11 is 0. The van der Waals surface area contributed by atoms with Gasteiger partial charge in [-0.15, -0.1) is 0 Å². The van der Waals surface area contributed by atoms with Gasteiger partial charge in [-0.3, -0.25) is 4.90 Å². The molecule has 0 aliphatic carbocycles. The van der Waals surface area contributed by atoms with Crippen molar-refractivity contribution in [1.82, 2.24) is 9.88 Å². The first kappa shape index (κ1) is 17.8. The van der Waals surface area contributed by atoms with E-state index in [4.69, 9.17) is 0 Å². The maximum atomic E-state index is 9.88. The fraction of sp³-hybridized carbons (Fsp3) is 0.200. The highest BCUT2D eigenvalue weighted by molar-refractivity contribution is 5.93. The lowest BCUT2D eigenvalue weighted by Gasteiger charge is -2.40. The molecule has 0 spiro atoms. The van der Waals surface area contributed by atoms with Crippen molar-refractivity contribution in [1.29, 1.82) is 0 Å². The maximum absolute atomic E-state index is 9.88. The number of phenolic OH excluding ortho intramolecular Hbond substituents is 1. The quantitative estimate of drug-likeness (QED) is 0.543. The molecule has 29 heavy (non-hydrogen) atoms. The van der Waals surface area contributed by atoms with E-state index in [1.54, 1.807) is 6.07 Å². The Kier molecular flexibility index (Phi) is 4.70. The van der Waals surface area contributed by atoms with Gasteiger partial charge in [-0.2, -0.15) is 0 Å². The molecule has 1 aromatic heterocycles. The van der Waals surface area contributed by atoms with Crippen LogP contribution in [-0.2, 0) is 0 Å². The number of H-pyrrole nitrogens is 1. The predicted molar refractivity (Wildman–Crippen MR) is 117 cm³/mol. The van der Waals surface area contributed by atoms with Crippen LogP contribution in [0.1, 0.15) is 17.2 Å². The van der Waals surface area contributed by atoms with Crippen LogP contribution in [0, 0.1) is 6.20 Å². The number of rotatable bonds is 4. The Morgan fingerprint density at radius 3 is 2.03 bits per heavy atom. The van der Waals surface area contributed by atoms with Crippen molar-refractivity contribution in [2.75, 3.05) is 31.1 Å². The SMILES string of the molecule is Oc1ccc2[nH][c]c(N3CCN(C(c4ccccc4)c4ccccc4)CC3)c2c1. The highest BCUT2D eigenvalue weighted by Crippen LogP contribution is 2.33. The second-order valence-electron chi connectivity index (χ2n) is 7.58. The van der Waals surface area contributed by atoms with Gasteiger partial charge in [0.25, 0.3) is 0 Å². The van der Waals surface area contributed by atoms with Crippen LogP contribution in [0.2, 0.25) is 0 Å². The fourth-order valence-electron chi connectivity index (χ4n) is 4.37. The van der Waals surface area contributed by atoms with Crippen molar-refractivity contribution in [3.63, 3.8) is 0 Å². The minimum atomic E-state index is 0.260. The number of nitrogens with one attached hydrogen (secondary N) is 1. The molecular formula is C25H24N3O. The number of aromatic amines is 1. The number of benzene rings is 3. The number of hydrogen-bond donors (Lipinski definition) is 2. The van der Waals surface area contributed by atoms with Gasteiger partial charge >= 0.3 is 0 Å². The summed E-state index contributed by atoms with van der Waals surface area (Å²) in [7, 11) is 0. The van der Waals surface area contributed by atoms with Crippen molar-refractivity contribution < 1.29 is 5.11 Å². The second-order valence-corrected chi connectivity index (χ2v) is 7.58. The average Bonchev–Trinajstić information content (AvgIpc) is 3.19. The summed E-state index contributed by atoms with van der Waals surface area (Å²) in [5.41, 5.74) is 4.71. The number of piperazine rings is 1. The molecule has 4 heteroatoms. The molecule has 1 radical (unpaired) electrons. The zero-order valence-corrected chi connectivity index (χ0v) is 16.3. The number of nitrogens with zero attached hydrogens (tertiary/aromatic N) is 2. The van der Waals surface area contributed by atoms with Crippen LogP contribution in [0.15, 0.2) is 78.9 Å². The van der Waals surface area contributed by atoms with Gasteiger partial charge in [0.2, 0.25) is 0 Å². The molecular weight excluding hydrogens is 358 g/mol. The van der Waals surface area contributed by atoms with E-state index in [0.717, 1.165) is 42.8 Å². The molecule has 0 atom stereocenters. The van der Waals surface area contributed by atoms with Crippen molar-refractivity contribution >= 4 is 16.6 Å². The van der Waals surface area contributed by atoms with E-state index in [2.05, 4.69) is 81.6 Å². The smallest absolute Gasteiger partial charge is 0.116 e. The van der Waals surface area contributed by atoms with Crippen LogP contribution >= 0.6 is 0 Å². The number of hydrogen-bond acceptors (Lipinski definition) is 3. The Morgan fingerprint density at radius 1 is 0.793 bits per heavy atom. The van der Waals surface area contributed by atoms with Gasteiger partial charge in [-0.05, 0) is 29.3 Å². The van der Waals surface area contributed by atoms with Gasteiger partial charge < -0.3 is 15.0 Å². The summed E-state index contributed by atoms with van der Waals surface area (Å²) < 4.78 is 0. The first-order valence-corrected chi connectivity index (χ1v) is 10.1. The number of aromatic hydroxyl groups is 1. The zero-order chi connectivity index (χ0) is 19.6. The zero-order valence-electron chi connectivity index (χ0n) is 16.3. The molecule has 5 rings (SSSR count). The van der Waals surface area contributed by atoms with Gasteiger partial charge in [0.15, 0.2) is 0 Å². The lowest BCUT2D eigenvalue weighted by molar-refractivity contribution is 0.212. The first-order chi connectivity index (χ1) is 14.3. The first-order valence-electron chi connectivity index (χ1n) is 10.1. The van der Waals surface area contributed by atoms with Crippen LogP contribution in [0.5, 0.6) is 5.75 Å². The van der Waals surface area contributed by atoms with Gasteiger partial charge in [0, 0.05) is 37.1 Å². The summed E-state index contributed by atoms with van der Waals surface area (Å²) in [6.07, 6.45) is 3.29. The molecule has 0 amide bonds. The molecule has 1 fully saturated rings. The van der Waals surface area contributed by atoms with E-state index in [0.29, 0.717) is 5.75 Å². The highest BCUT2D eigenvalue weighted by Gasteiger charge is 2.27. The maximum Gasteiger partial charge on any atom is 0.116 e. The van der Waals surface area contributed by atoms with Crippen molar-refractivity contribution in [2.45, 2.75) is 6.04 Å². The summed E-state index contributed by atoms with van der Waals surface area (Å²) in [6.45, 7) is 3.78. The standard InChI is InChI=1S/C25H24N3O/c29-21-11-12-23-22(17-21)24(18-26-23)27-13-15-28(16-14-27)25(19-7-3-1-4-8-19)20-9-5-2-6-10-20/h1-12,17,25-26,29H,13-16H2. The monoisotopic (exact) mass is 382 g/mol. The Hall–Kier alpha value is -3.24. The van der Waals surface area contributed by atoms with E-state index in [-0.39, 0.29) is 6.04 Å². The summed E-state index contributed by atoms with van der Waals surface area (Å²) in [5.74, 6) is 0.290. The Bertz CT molecular complexity index is 1040. The van der Waals surface area contributed by atoms with E-state index in [1.165, 1.54) is 11.1 Å². The second kappa shape index (κ2) is 7.64. The van der Waals surface area contributed by atoms with Crippen molar-refractivity contribution in [3.05, 3.63) is 96.2 Å². The molecule has 3 aromatic carbocycles. The van der Waals surface area contributed by atoms with E-state index >= 15 is 0 Å². The van der Waals surface area contributed by atoms with Crippen LogP contribution in [0.25, 0.3) is 10.9 Å². The minimum absolute atomic E-state index is 0.260. The number of anilines is 1. The molecule has 4 aromatic rings. The van der Waals surface area contributed by atoms with E-state index in [1.807, 2.05) is 12.1 Å². The predicted octanol–water partition coefficient (Wildman–Crippen LogP) is 4.59. The molecule has 0 bridgehead atoms. The number of phenols is 1. The minimum Gasteiger partial charge on any atom is -0.508 e. The Labute approximate surface area is 171 Å². The molecule has 1 aliphatic rings. The molecule has 4 nitrogen and oxygen atoms in total. The lowest BCUT2D eigenvalue weighted by Crippen LogP contribution is -2.48. The van der Waals surface area contributed by atoms with Crippen LogP contribution < -0.4 is 4.90 Å². The third-order valence-electron chi connectivity index (χ3n) is 5.80. The van der Waals surface area contributed by atoms with Gasteiger partial charge in [0.1, 0.15) is 5.75 Å². The summed E-state index contributed by atoms with van der Waals surface area (Å²) in [5, 5.41) is 10.9. The molecule has 145 valence electrons. The van der Waals surface area contributed by atoms with E-state index < -0.39 is 0 Å². The van der Waals surface area contributed by atoms with Gasteiger partial charge in [-0.1, -0.05) is 60.7 Å². The largest absolute Gasteiger partial charge is 0.508 e. The normalized spacial score (nSPS) is 15.3. The third-order valence-corrected chi connectivity index (χ3v) is 5.80. The molecule has 1 aliphatic heterocycles. The summed E-state index contributed by atoms with van der Waals surface area (Å²) in [4.78, 5) is 8.13. The molecule has 1 saturated heterocycles. The molecule has 0 saturated carbocycles. The Balaban J connectivity index is 1.40. The van der Waals surface area contributed by atoms with Crippen molar-refractivity contribution in [2.24, 2.45) is 0 Å². The molecule has 2 heterocycles. The van der Waals surface area contributed by atoms with Crippen LogP contribution in [0.3, 0.4) is 0 Å². The third kappa shape index (κ3) is 3.47. The van der Waals surface area contributed by atoms with Gasteiger partial charge in [-0.25, -0.2) is 0 Å². The Morgan fingerprint density at radius 2 is 1.41 bits per heavy atom. The topological polar surface area (TPSA) is 42.5 Å². The molecule has 2 N–H and O–H groups in total. The van der Waals surface area contributed by atoms with Crippen LogP contribution in [-0.4, -0.2) is 41.2 Å². The highest BCUT2D eigenvalue weighted by atomic mass is 16.3. The lowest BCUT2D eigenvalue weighted by atomic mass is 9.96. The number of aromatic nitrogens is 1. The van der Waals surface area contributed by atoms with Crippen molar-refractivity contribution in [3.8, 4) is 5.75 Å².